The lowest BCUT2D eigenvalue weighted by Crippen LogP contribution is -2.33. The van der Waals surface area contributed by atoms with Crippen LogP contribution in [0.3, 0.4) is 0 Å². The van der Waals surface area contributed by atoms with Crippen molar-refractivity contribution in [3.8, 4) is 5.75 Å². The molecule has 1 heterocycles. The highest BCUT2D eigenvalue weighted by Crippen LogP contribution is 2.35. The van der Waals surface area contributed by atoms with Gasteiger partial charge in [-0.3, -0.25) is 14.5 Å². The molecule has 2 amide bonds. The number of carbonyl (C=O) groups excluding carboxylic acids is 2. The minimum absolute atomic E-state index is 0.00768. The first-order chi connectivity index (χ1) is 18.9. The molecule has 10 heteroatoms. The molecule has 1 unspecified atom stereocenters. The Morgan fingerprint density at radius 2 is 1.62 bits per heavy atom. The molecule has 1 saturated heterocycles. The molecule has 39 heavy (non-hydrogen) atoms. The van der Waals surface area contributed by atoms with E-state index in [9.17, 15) is 18.0 Å². The Bertz CT molecular complexity index is 1400. The van der Waals surface area contributed by atoms with E-state index < -0.39 is 21.2 Å². The average Bonchev–Trinajstić information content (AvgIpc) is 3.23. The number of amides is 2. The van der Waals surface area contributed by atoms with E-state index in [0.29, 0.717) is 18.0 Å². The number of hydrogen-bond acceptors (Lipinski definition) is 6. The molecule has 4 rings (SSSR count). The van der Waals surface area contributed by atoms with Crippen LogP contribution in [0.1, 0.15) is 39.0 Å². The smallest absolute Gasteiger partial charge is 0.284 e. The Kier molecular flexibility index (Phi) is 9.78. The fourth-order valence-corrected chi connectivity index (χ4v) is 6.31. The molecule has 3 aromatic rings. The molecule has 1 aliphatic rings. The van der Waals surface area contributed by atoms with Gasteiger partial charge in [-0.25, -0.2) is 0 Å². The highest BCUT2D eigenvalue weighted by molar-refractivity contribution is 8.16. The van der Waals surface area contributed by atoms with Crippen LogP contribution >= 0.6 is 11.8 Å². The van der Waals surface area contributed by atoms with Crippen LogP contribution in [-0.4, -0.2) is 37.3 Å². The predicted molar refractivity (Wildman–Crippen MR) is 156 cm³/mol. The number of anilines is 2. The van der Waals surface area contributed by atoms with E-state index in [1.807, 2.05) is 0 Å². The van der Waals surface area contributed by atoms with Crippen molar-refractivity contribution in [2.45, 2.75) is 49.2 Å². The van der Waals surface area contributed by atoms with Crippen LogP contribution in [0, 0.1) is 0 Å². The molecular formula is C29H31N3O5S2. The second-order valence-corrected chi connectivity index (χ2v) is 11.7. The minimum atomic E-state index is -4.06. The number of hydrogen-bond donors (Lipinski definition) is 1. The molecule has 204 valence electrons. The summed E-state index contributed by atoms with van der Waals surface area (Å²) in [6.07, 6.45) is 4.35. The SMILES string of the molecule is CCCCCCOc1ccc(NC(=O)CC2S/C(=N/S(=O)(=O)c3ccccc3)N(c3ccccc3)C2=O)cc1. The molecule has 0 aromatic heterocycles. The molecule has 1 N–H and O–H groups in total. The number of ether oxygens (including phenoxy) is 1. The molecule has 1 atom stereocenters. The van der Waals surface area contributed by atoms with Crippen molar-refractivity contribution in [1.29, 1.82) is 0 Å². The van der Waals surface area contributed by atoms with Crippen LogP contribution < -0.4 is 15.0 Å². The third kappa shape index (κ3) is 7.70. The largest absolute Gasteiger partial charge is 0.494 e. The van der Waals surface area contributed by atoms with E-state index in [4.69, 9.17) is 4.74 Å². The molecule has 0 radical (unpaired) electrons. The molecule has 0 aliphatic carbocycles. The second-order valence-electron chi connectivity index (χ2n) is 8.96. The second kappa shape index (κ2) is 13.4. The van der Waals surface area contributed by atoms with E-state index >= 15 is 0 Å². The van der Waals surface area contributed by atoms with Crippen molar-refractivity contribution in [3.05, 3.63) is 84.9 Å². The number of carbonyl (C=O) groups is 2. The number of nitrogens with zero attached hydrogens (tertiary/aromatic N) is 2. The first kappa shape index (κ1) is 28.4. The summed E-state index contributed by atoms with van der Waals surface area (Å²) in [6, 6.07) is 23.6. The monoisotopic (exact) mass is 565 g/mol. The quantitative estimate of drug-likeness (QED) is 0.276. The van der Waals surface area contributed by atoms with Crippen LogP contribution in [-0.2, 0) is 19.6 Å². The lowest BCUT2D eigenvalue weighted by molar-refractivity contribution is -0.121. The van der Waals surface area contributed by atoms with Crippen LogP contribution in [0.15, 0.2) is 94.2 Å². The third-order valence-corrected chi connectivity index (χ3v) is 8.50. The number of benzene rings is 3. The van der Waals surface area contributed by atoms with Crippen molar-refractivity contribution in [1.82, 2.24) is 0 Å². The fraction of sp³-hybridized carbons (Fsp3) is 0.276. The maximum absolute atomic E-state index is 13.4. The molecule has 0 spiro atoms. The topological polar surface area (TPSA) is 105 Å². The standard InChI is InChI=1S/C29H31N3O5S2/c1-2-3-4-11-20-37-24-18-16-22(17-19-24)30-27(33)21-26-28(34)32(23-12-7-5-8-13-23)29(38-26)31-39(35,36)25-14-9-6-10-15-25/h5-10,12-19,26H,2-4,11,20-21H2,1H3,(H,30,33)/b31-29+. The highest BCUT2D eigenvalue weighted by Gasteiger charge is 2.41. The maximum Gasteiger partial charge on any atom is 0.284 e. The van der Waals surface area contributed by atoms with Gasteiger partial charge >= 0.3 is 0 Å². The minimum Gasteiger partial charge on any atom is -0.494 e. The molecule has 0 bridgehead atoms. The number of para-hydroxylation sites is 1. The molecule has 1 fully saturated rings. The number of nitrogens with one attached hydrogen (secondary N) is 1. The van der Waals surface area contributed by atoms with Crippen LogP contribution in [0.25, 0.3) is 0 Å². The third-order valence-electron chi connectivity index (χ3n) is 5.96. The zero-order valence-electron chi connectivity index (χ0n) is 21.7. The van der Waals surface area contributed by atoms with Crippen LogP contribution in [0.5, 0.6) is 5.75 Å². The van der Waals surface area contributed by atoms with E-state index in [1.54, 1.807) is 72.8 Å². The van der Waals surface area contributed by atoms with Gasteiger partial charge in [-0.2, -0.15) is 8.42 Å². The van der Waals surface area contributed by atoms with Gasteiger partial charge in [0.25, 0.3) is 10.0 Å². The maximum atomic E-state index is 13.4. The Hall–Kier alpha value is -3.63. The van der Waals surface area contributed by atoms with Gasteiger partial charge in [-0.1, -0.05) is 74.3 Å². The van der Waals surface area contributed by atoms with E-state index in [0.717, 1.165) is 30.4 Å². The molecule has 0 saturated carbocycles. The molecular weight excluding hydrogens is 534 g/mol. The van der Waals surface area contributed by atoms with Crippen LogP contribution in [0.4, 0.5) is 11.4 Å². The lowest BCUT2D eigenvalue weighted by atomic mass is 10.2. The van der Waals surface area contributed by atoms with Crippen molar-refractivity contribution >= 4 is 50.1 Å². The first-order valence-corrected chi connectivity index (χ1v) is 15.2. The number of rotatable bonds is 12. The van der Waals surface area contributed by atoms with Crippen molar-refractivity contribution in [3.63, 3.8) is 0 Å². The highest BCUT2D eigenvalue weighted by atomic mass is 32.2. The Labute approximate surface area is 233 Å². The molecule has 1 aliphatic heterocycles. The van der Waals surface area contributed by atoms with Gasteiger partial charge in [0.05, 0.1) is 17.2 Å². The van der Waals surface area contributed by atoms with Crippen LogP contribution in [0.2, 0.25) is 0 Å². The van der Waals surface area contributed by atoms with Gasteiger partial charge in [0.15, 0.2) is 5.17 Å². The zero-order valence-corrected chi connectivity index (χ0v) is 23.3. The fourth-order valence-electron chi connectivity index (χ4n) is 3.96. The average molecular weight is 566 g/mol. The number of thioether (sulfide) groups is 1. The molecule has 3 aromatic carbocycles. The van der Waals surface area contributed by atoms with Crippen molar-refractivity contribution in [2.75, 3.05) is 16.8 Å². The van der Waals surface area contributed by atoms with Gasteiger partial charge in [-0.05, 0) is 55.0 Å². The van der Waals surface area contributed by atoms with Gasteiger partial charge in [0, 0.05) is 12.1 Å². The van der Waals surface area contributed by atoms with Gasteiger partial charge in [0.2, 0.25) is 11.8 Å². The Balaban J connectivity index is 1.44. The van der Waals surface area contributed by atoms with Gasteiger partial charge < -0.3 is 10.1 Å². The first-order valence-electron chi connectivity index (χ1n) is 12.9. The lowest BCUT2D eigenvalue weighted by Gasteiger charge is -2.16. The predicted octanol–water partition coefficient (Wildman–Crippen LogP) is 5.87. The summed E-state index contributed by atoms with van der Waals surface area (Å²) >= 11 is 0.966. The Morgan fingerprint density at radius 1 is 0.949 bits per heavy atom. The van der Waals surface area contributed by atoms with E-state index in [2.05, 4.69) is 16.6 Å². The summed E-state index contributed by atoms with van der Waals surface area (Å²) in [6.45, 7) is 2.81. The van der Waals surface area contributed by atoms with Crippen molar-refractivity contribution < 1.29 is 22.7 Å². The van der Waals surface area contributed by atoms with Gasteiger partial charge in [0.1, 0.15) is 11.0 Å². The number of amidine groups is 1. The van der Waals surface area contributed by atoms with E-state index in [1.165, 1.54) is 29.9 Å². The van der Waals surface area contributed by atoms with Crippen molar-refractivity contribution in [2.24, 2.45) is 4.40 Å². The summed E-state index contributed by atoms with van der Waals surface area (Å²) in [4.78, 5) is 27.5. The van der Waals surface area contributed by atoms with Gasteiger partial charge in [-0.15, -0.1) is 4.40 Å². The summed E-state index contributed by atoms with van der Waals surface area (Å²) in [7, 11) is -4.06. The summed E-state index contributed by atoms with van der Waals surface area (Å²) in [5.41, 5.74) is 1.06. The van der Waals surface area contributed by atoms with E-state index in [-0.39, 0.29) is 22.4 Å². The number of unbranched alkanes of at least 4 members (excludes halogenated alkanes) is 3. The number of sulfonamides is 1. The zero-order chi connectivity index (χ0) is 27.7. The summed E-state index contributed by atoms with van der Waals surface area (Å²) in [5.74, 6) is -0.0468. The molecule has 8 nitrogen and oxygen atoms in total. The summed E-state index contributed by atoms with van der Waals surface area (Å²) < 4.78 is 35.6. The normalized spacial score (nSPS) is 16.4. The summed E-state index contributed by atoms with van der Waals surface area (Å²) in [5, 5.41) is 1.98. The Morgan fingerprint density at radius 3 is 2.28 bits per heavy atom.